The number of hydrogen-bond acceptors (Lipinski definition) is 3. The highest BCUT2D eigenvalue weighted by Gasteiger charge is 2.17. The molecular formula is C12H22ClN3O2. The predicted molar refractivity (Wildman–Crippen MR) is 71.8 cm³/mol. The quantitative estimate of drug-likeness (QED) is 0.588. The lowest BCUT2D eigenvalue weighted by Crippen LogP contribution is -2.42. The maximum atomic E-state index is 11.2. The van der Waals surface area contributed by atoms with Crippen molar-refractivity contribution in [3.05, 3.63) is 0 Å². The molecule has 3 amide bonds. The van der Waals surface area contributed by atoms with Crippen LogP contribution in [0.3, 0.4) is 0 Å². The predicted octanol–water partition coefficient (Wildman–Crippen LogP) is 1.32. The summed E-state index contributed by atoms with van der Waals surface area (Å²) in [4.78, 5) is 24.5. The normalized spacial score (nSPS) is 20.4. The maximum Gasteiger partial charge on any atom is 0.321 e. The number of likely N-dealkylation sites (tertiary alicyclic amines) is 1. The Morgan fingerprint density at radius 3 is 2.83 bits per heavy atom. The monoisotopic (exact) mass is 275 g/mol. The Labute approximate surface area is 113 Å². The first kappa shape index (κ1) is 15.2. The minimum Gasteiger partial charge on any atom is -0.338 e. The van der Waals surface area contributed by atoms with E-state index in [0.29, 0.717) is 12.6 Å². The van der Waals surface area contributed by atoms with Crippen molar-refractivity contribution < 1.29 is 9.59 Å². The molecule has 0 spiro atoms. The van der Waals surface area contributed by atoms with Gasteiger partial charge in [0.1, 0.15) is 5.88 Å². The summed E-state index contributed by atoms with van der Waals surface area (Å²) in [6.45, 7) is 4.96. The Hall–Kier alpha value is -0.810. The van der Waals surface area contributed by atoms with Crippen LogP contribution in [0.25, 0.3) is 0 Å². The third-order valence-corrected chi connectivity index (χ3v) is 3.47. The molecule has 1 fully saturated rings. The average Bonchev–Trinajstić information content (AvgIpc) is 2.36. The fourth-order valence-corrected chi connectivity index (χ4v) is 2.24. The van der Waals surface area contributed by atoms with Gasteiger partial charge in [-0.15, -0.1) is 11.6 Å². The highest BCUT2D eigenvalue weighted by Crippen LogP contribution is 2.15. The zero-order chi connectivity index (χ0) is 13.4. The molecule has 1 heterocycles. The molecule has 6 heteroatoms. The van der Waals surface area contributed by atoms with Crippen LogP contribution < -0.4 is 10.6 Å². The number of hydrogen-bond donors (Lipinski definition) is 2. The topological polar surface area (TPSA) is 61.4 Å². The van der Waals surface area contributed by atoms with Gasteiger partial charge in [0, 0.05) is 19.1 Å². The van der Waals surface area contributed by atoms with Crippen molar-refractivity contribution in [1.82, 2.24) is 15.5 Å². The zero-order valence-corrected chi connectivity index (χ0v) is 11.6. The van der Waals surface area contributed by atoms with E-state index in [1.807, 2.05) is 0 Å². The molecule has 2 N–H and O–H groups in total. The minimum atomic E-state index is -0.473. The lowest BCUT2D eigenvalue weighted by molar-refractivity contribution is -0.117. The Kier molecular flexibility index (Phi) is 7.05. The highest BCUT2D eigenvalue weighted by atomic mass is 35.5. The van der Waals surface area contributed by atoms with Crippen molar-refractivity contribution in [3.8, 4) is 0 Å². The number of nitrogens with one attached hydrogen (secondary N) is 2. The van der Waals surface area contributed by atoms with Gasteiger partial charge < -0.3 is 10.2 Å². The standard InChI is InChI=1S/C12H22ClN3O2/c1-10-5-2-3-7-16(10)8-4-6-14-12(18)15-11(17)9-13/h10H,2-9H2,1H3,(H2,14,15,17,18). The number of imide groups is 1. The summed E-state index contributed by atoms with van der Waals surface area (Å²) in [6.07, 6.45) is 4.74. The molecule has 1 aliphatic rings. The van der Waals surface area contributed by atoms with Gasteiger partial charge in [-0.3, -0.25) is 10.1 Å². The molecule has 0 aromatic rings. The van der Waals surface area contributed by atoms with E-state index in [1.54, 1.807) is 0 Å². The Morgan fingerprint density at radius 2 is 2.17 bits per heavy atom. The van der Waals surface area contributed by atoms with Gasteiger partial charge in [-0.1, -0.05) is 6.42 Å². The van der Waals surface area contributed by atoms with Crippen LogP contribution in [0.15, 0.2) is 0 Å². The van der Waals surface area contributed by atoms with Crippen molar-refractivity contribution in [2.45, 2.75) is 38.6 Å². The second-order valence-electron chi connectivity index (χ2n) is 4.67. The molecule has 0 saturated carbocycles. The molecule has 0 radical (unpaired) electrons. The van der Waals surface area contributed by atoms with E-state index in [0.717, 1.165) is 19.5 Å². The summed E-state index contributed by atoms with van der Waals surface area (Å²) >= 11 is 5.28. The summed E-state index contributed by atoms with van der Waals surface area (Å²) in [5.74, 6) is -0.669. The molecular weight excluding hydrogens is 254 g/mol. The average molecular weight is 276 g/mol. The van der Waals surface area contributed by atoms with Crippen LogP contribution in [0.2, 0.25) is 0 Å². The third-order valence-electron chi connectivity index (χ3n) is 3.22. The molecule has 0 bridgehead atoms. The number of amides is 3. The first-order chi connectivity index (χ1) is 8.63. The van der Waals surface area contributed by atoms with Crippen LogP contribution >= 0.6 is 11.6 Å². The van der Waals surface area contributed by atoms with Crippen LogP contribution in [-0.4, -0.2) is 48.4 Å². The van der Waals surface area contributed by atoms with E-state index in [4.69, 9.17) is 11.6 Å². The second kappa shape index (κ2) is 8.32. The first-order valence-electron chi connectivity index (χ1n) is 6.51. The van der Waals surface area contributed by atoms with Crippen LogP contribution in [0.4, 0.5) is 4.79 Å². The Bertz CT molecular complexity index is 286. The first-order valence-corrected chi connectivity index (χ1v) is 7.04. The van der Waals surface area contributed by atoms with E-state index in [9.17, 15) is 9.59 Å². The SMILES string of the molecule is CC1CCCCN1CCCNC(=O)NC(=O)CCl. The number of carbonyl (C=O) groups is 2. The molecule has 1 unspecified atom stereocenters. The van der Waals surface area contributed by atoms with Crippen LogP contribution in [0.1, 0.15) is 32.6 Å². The molecule has 1 rings (SSSR count). The van der Waals surface area contributed by atoms with Gasteiger partial charge in [0.2, 0.25) is 5.91 Å². The number of alkyl halides is 1. The number of carbonyl (C=O) groups excluding carboxylic acids is 2. The Balaban J connectivity index is 2.07. The molecule has 0 aromatic heterocycles. The van der Waals surface area contributed by atoms with Gasteiger partial charge in [-0.05, 0) is 32.7 Å². The molecule has 1 saturated heterocycles. The van der Waals surface area contributed by atoms with Crippen molar-refractivity contribution in [3.63, 3.8) is 0 Å². The van der Waals surface area contributed by atoms with Crippen molar-refractivity contribution in [2.24, 2.45) is 0 Å². The molecule has 104 valence electrons. The van der Waals surface area contributed by atoms with Crippen LogP contribution in [0.5, 0.6) is 0 Å². The van der Waals surface area contributed by atoms with Gasteiger partial charge in [0.05, 0.1) is 0 Å². The third kappa shape index (κ3) is 5.69. The lowest BCUT2D eigenvalue weighted by Gasteiger charge is -2.33. The number of halogens is 1. The summed E-state index contributed by atoms with van der Waals surface area (Å²) in [7, 11) is 0. The molecule has 18 heavy (non-hydrogen) atoms. The van der Waals surface area contributed by atoms with E-state index < -0.39 is 11.9 Å². The molecule has 1 atom stereocenters. The number of urea groups is 1. The summed E-state index contributed by atoms with van der Waals surface area (Å²) in [6, 6.07) is 0.178. The fourth-order valence-electron chi connectivity index (χ4n) is 2.18. The van der Waals surface area contributed by atoms with Crippen molar-refractivity contribution in [1.29, 1.82) is 0 Å². The Morgan fingerprint density at radius 1 is 1.39 bits per heavy atom. The molecule has 0 aromatic carbocycles. The molecule has 0 aliphatic carbocycles. The summed E-state index contributed by atoms with van der Waals surface area (Å²) in [5, 5.41) is 4.79. The fraction of sp³-hybridized carbons (Fsp3) is 0.833. The number of nitrogens with zero attached hydrogens (tertiary/aromatic N) is 1. The van der Waals surface area contributed by atoms with Gasteiger partial charge in [0.15, 0.2) is 0 Å². The van der Waals surface area contributed by atoms with Gasteiger partial charge in [0.25, 0.3) is 0 Å². The van der Waals surface area contributed by atoms with Gasteiger partial charge in [-0.25, -0.2) is 4.79 Å². The lowest BCUT2D eigenvalue weighted by atomic mass is 10.0. The van der Waals surface area contributed by atoms with Crippen molar-refractivity contribution in [2.75, 3.05) is 25.5 Å². The maximum absolute atomic E-state index is 11.2. The zero-order valence-electron chi connectivity index (χ0n) is 10.9. The van der Waals surface area contributed by atoms with E-state index >= 15 is 0 Å². The molecule has 1 aliphatic heterocycles. The van der Waals surface area contributed by atoms with Gasteiger partial charge in [-0.2, -0.15) is 0 Å². The van der Waals surface area contributed by atoms with Crippen LogP contribution in [-0.2, 0) is 4.79 Å². The van der Waals surface area contributed by atoms with E-state index in [-0.39, 0.29) is 5.88 Å². The summed E-state index contributed by atoms with van der Waals surface area (Å²) < 4.78 is 0. The van der Waals surface area contributed by atoms with Crippen LogP contribution in [0, 0.1) is 0 Å². The van der Waals surface area contributed by atoms with E-state index in [1.165, 1.54) is 19.3 Å². The summed E-state index contributed by atoms with van der Waals surface area (Å²) in [5.41, 5.74) is 0. The van der Waals surface area contributed by atoms with Gasteiger partial charge >= 0.3 is 6.03 Å². The van der Waals surface area contributed by atoms with Crippen molar-refractivity contribution >= 4 is 23.5 Å². The number of rotatable bonds is 5. The number of piperidine rings is 1. The highest BCUT2D eigenvalue weighted by molar-refractivity contribution is 6.28. The van der Waals surface area contributed by atoms with E-state index in [2.05, 4.69) is 22.5 Å². The second-order valence-corrected chi connectivity index (χ2v) is 4.94. The largest absolute Gasteiger partial charge is 0.338 e. The minimum absolute atomic E-state index is 0.196. The smallest absolute Gasteiger partial charge is 0.321 e. The molecule has 5 nitrogen and oxygen atoms in total.